The van der Waals surface area contributed by atoms with E-state index in [4.69, 9.17) is 0 Å². The van der Waals surface area contributed by atoms with Crippen molar-refractivity contribution in [3.8, 4) is 22.5 Å². The zero-order chi connectivity index (χ0) is 26.1. The summed E-state index contributed by atoms with van der Waals surface area (Å²) < 4.78 is 0. The first-order valence-electron chi connectivity index (χ1n) is 12.7. The number of H-pyrrole nitrogens is 1. The van der Waals surface area contributed by atoms with Crippen molar-refractivity contribution in [2.24, 2.45) is 5.92 Å². The second-order valence-corrected chi connectivity index (χ2v) is 9.46. The first-order chi connectivity index (χ1) is 18.6. The standard InChI is InChI=1S/C30H28N8/c1-4-18(2)19(3)35-21-13-20(15-31-16-21)27-14-24-28(17-34-27)37-38-29(24)26-9-8-23-22(10-12-33-30(23)36-26)25-7-5-6-11-32-25/h5-7,9-18,35H,3-4,8H2,1-2H3,(H,33,36)(H,37,38). The molecule has 0 saturated carbocycles. The first kappa shape index (κ1) is 23.5. The van der Waals surface area contributed by atoms with Gasteiger partial charge in [0.2, 0.25) is 0 Å². The van der Waals surface area contributed by atoms with E-state index in [0.717, 1.165) is 80.4 Å². The van der Waals surface area contributed by atoms with Crippen LogP contribution in [-0.4, -0.2) is 30.1 Å². The number of rotatable bonds is 7. The summed E-state index contributed by atoms with van der Waals surface area (Å²) in [5.74, 6) is 1.19. The first-order valence-corrected chi connectivity index (χ1v) is 12.7. The summed E-state index contributed by atoms with van der Waals surface area (Å²) in [5.41, 5.74) is 9.32. The Balaban J connectivity index is 1.31. The van der Waals surface area contributed by atoms with Gasteiger partial charge >= 0.3 is 0 Å². The Morgan fingerprint density at radius 3 is 2.82 bits per heavy atom. The van der Waals surface area contributed by atoms with Crippen LogP contribution in [-0.2, 0) is 6.42 Å². The van der Waals surface area contributed by atoms with Gasteiger partial charge in [-0.25, -0.2) is 4.98 Å². The Kier molecular flexibility index (Phi) is 6.13. The maximum atomic E-state index is 4.67. The zero-order valence-corrected chi connectivity index (χ0v) is 21.4. The molecule has 0 aromatic carbocycles. The van der Waals surface area contributed by atoms with Crippen LogP contribution >= 0.6 is 0 Å². The molecule has 0 radical (unpaired) electrons. The third-order valence-corrected chi connectivity index (χ3v) is 7.01. The quantitative estimate of drug-likeness (QED) is 0.236. The van der Waals surface area contributed by atoms with Crippen molar-refractivity contribution in [1.29, 1.82) is 0 Å². The highest BCUT2D eigenvalue weighted by atomic mass is 15.1. The fraction of sp³-hybridized carbons (Fsp3) is 0.167. The highest BCUT2D eigenvalue weighted by molar-refractivity contribution is 5.95. The molecule has 0 saturated heterocycles. The van der Waals surface area contributed by atoms with Gasteiger partial charge in [0.25, 0.3) is 0 Å². The Labute approximate surface area is 221 Å². The van der Waals surface area contributed by atoms with Gasteiger partial charge in [0.1, 0.15) is 11.5 Å². The lowest BCUT2D eigenvalue weighted by molar-refractivity contribution is 0.662. The molecule has 6 heterocycles. The van der Waals surface area contributed by atoms with E-state index in [1.165, 1.54) is 0 Å². The van der Waals surface area contributed by atoms with Gasteiger partial charge in [0, 0.05) is 46.4 Å². The molecule has 5 aromatic heterocycles. The summed E-state index contributed by atoms with van der Waals surface area (Å²) >= 11 is 0. The van der Waals surface area contributed by atoms with Crippen molar-refractivity contribution < 1.29 is 0 Å². The van der Waals surface area contributed by atoms with Gasteiger partial charge in [-0.2, -0.15) is 5.10 Å². The number of hydrogen-bond acceptors (Lipinski definition) is 7. The predicted octanol–water partition coefficient (Wildman–Crippen LogP) is 6.46. The van der Waals surface area contributed by atoms with Gasteiger partial charge in [0.05, 0.1) is 40.7 Å². The minimum absolute atomic E-state index is 0.373. The summed E-state index contributed by atoms with van der Waals surface area (Å²) in [7, 11) is 0. The van der Waals surface area contributed by atoms with Gasteiger partial charge in [-0.15, -0.1) is 0 Å². The smallest absolute Gasteiger partial charge is 0.134 e. The van der Waals surface area contributed by atoms with Crippen LogP contribution in [0.4, 0.5) is 11.5 Å². The Bertz CT molecular complexity index is 1670. The van der Waals surface area contributed by atoms with Crippen LogP contribution in [0.1, 0.15) is 31.5 Å². The van der Waals surface area contributed by atoms with Crippen molar-refractivity contribution in [3.05, 3.63) is 97.0 Å². The molecule has 1 atom stereocenters. The number of anilines is 2. The molecule has 38 heavy (non-hydrogen) atoms. The number of allylic oxidation sites excluding steroid dienone is 2. The van der Waals surface area contributed by atoms with Crippen LogP contribution in [0.2, 0.25) is 0 Å². The van der Waals surface area contributed by atoms with Crippen LogP contribution in [0.3, 0.4) is 0 Å². The summed E-state index contributed by atoms with van der Waals surface area (Å²) in [6.07, 6.45) is 13.0. The van der Waals surface area contributed by atoms with Crippen molar-refractivity contribution >= 4 is 28.1 Å². The number of aromatic nitrogens is 6. The molecular weight excluding hydrogens is 472 g/mol. The molecule has 0 bridgehead atoms. The maximum Gasteiger partial charge on any atom is 0.134 e. The zero-order valence-electron chi connectivity index (χ0n) is 21.4. The maximum absolute atomic E-state index is 4.67. The van der Waals surface area contributed by atoms with Crippen LogP contribution in [0.5, 0.6) is 0 Å². The summed E-state index contributed by atoms with van der Waals surface area (Å²) in [5, 5.41) is 15.6. The molecule has 0 fully saturated rings. The molecule has 0 aliphatic carbocycles. The molecule has 6 rings (SSSR count). The molecule has 3 N–H and O–H groups in total. The lowest BCUT2D eigenvalue weighted by atomic mass is 9.98. The molecule has 1 aliphatic heterocycles. The average Bonchev–Trinajstić information content (AvgIpc) is 3.40. The Morgan fingerprint density at radius 2 is 1.97 bits per heavy atom. The van der Waals surface area contributed by atoms with Gasteiger partial charge in [-0.1, -0.05) is 32.6 Å². The van der Waals surface area contributed by atoms with E-state index in [-0.39, 0.29) is 0 Å². The van der Waals surface area contributed by atoms with Gasteiger partial charge < -0.3 is 10.6 Å². The average molecular weight is 501 g/mol. The summed E-state index contributed by atoms with van der Waals surface area (Å²) in [6, 6.07) is 12.0. The second-order valence-electron chi connectivity index (χ2n) is 9.46. The highest BCUT2D eigenvalue weighted by Gasteiger charge is 2.21. The number of aromatic amines is 1. The Morgan fingerprint density at radius 1 is 1.05 bits per heavy atom. The third-order valence-electron chi connectivity index (χ3n) is 7.01. The van der Waals surface area contributed by atoms with Gasteiger partial charge in [0.15, 0.2) is 0 Å². The molecule has 0 amide bonds. The van der Waals surface area contributed by atoms with E-state index in [1.54, 1.807) is 6.20 Å². The Hall–Kier alpha value is -4.85. The fourth-order valence-electron chi connectivity index (χ4n) is 4.59. The number of nitrogens with zero attached hydrogens (tertiary/aromatic N) is 5. The van der Waals surface area contributed by atoms with Gasteiger partial charge in [-0.05, 0) is 49.1 Å². The van der Waals surface area contributed by atoms with Crippen LogP contribution in [0.15, 0.2) is 85.7 Å². The van der Waals surface area contributed by atoms with E-state index in [2.05, 4.69) is 67.3 Å². The van der Waals surface area contributed by atoms with Crippen molar-refractivity contribution in [2.45, 2.75) is 26.7 Å². The third kappa shape index (κ3) is 4.41. The molecule has 1 aliphatic rings. The van der Waals surface area contributed by atoms with Crippen molar-refractivity contribution in [1.82, 2.24) is 30.1 Å². The normalized spacial score (nSPS) is 13.4. The molecule has 8 nitrogen and oxygen atoms in total. The van der Waals surface area contributed by atoms with E-state index < -0.39 is 0 Å². The monoisotopic (exact) mass is 500 g/mol. The molecule has 5 aromatic rings. The number of fused-ring (bicyclic) bond motifs is 2. The van der Waals surface area contributed by atoms with Gasteiger partial charge in [-0.3, -0.25) is 20.1 Å². The van der Waals surface area contributed by atoms with Crippen molar-refractivity contribution in [2.75, 3.05) is 10.6 Å². The molecule has 0 spiro atoms. The number of nitrogens with one attached hydrogen (secondary N) is 3. The highest BCUT2D eigenvalue weighted by Crippen LogP contribution is 2.35. The van der Waals surface area contributed by atoms with Crippen LogP contribution in [0, 0.1) is 5.92 Å². The van der Waals surface area contributed by atoms with E-state index in [9.17, 15) is 0 Å². The topological polar surface area (TPSA) is 104 Å². The fourth-order valence-corrected chi connectivity index (χ4v) is 4.59. The van der Waals surface area contributed by atoms with E-state index >= 15 is 0 Å². The van der Waals surface area contributed by atoms with Crippen molar-refractivity contribution in [3.63, 3.8) is 0 Å². The predicted molar refractivity (Wildman–Crippen MR) is 152 cm³/mol. The lowest BCUT2D eigenvalue weighted by Crippen LogP contribution is -2.11. The van der Waals surface area contributed by atoms with E-state index in [0.29, 0.717) is 5.92 Å². The SMILES string of the molecule is C=C(Nc1cncc(-c2cc3c(C4=CCc5c(-c6ccccn6)ccnc5N4)n[nH]c3cn2)c1)C(C)CC. The van der Waals surface area contributed by atoms with Crippen LogP contribution < -0.4 is 10.6 Å². The largest absolute Gasteiger partial charge is 0.358 e. The number of pyridine rings is 4. The molecule has 188 valence electrons. The van der Waals surface area contributed by atoms with E-state index in [1.807, 2.05) is 61.2 Å². The molecule has 8 heteroatoms. The summed E-state index contributed by atoms with van der Waals surface area (Å²) in [4.78, 5) is 18.2. The minimum atomic E-state index is 0.373. The molecular formula is C30H28N8. The minimum Gasteiger partial charge on any atom is -0.358 e. The molecule has 1 unspecified atom stereocenters. The lowest BCUT2D eigenvalue weighted by Gasteiger charge is -2.20. The van der Waals surface area contributed by atoms with Crippen LogP contribution in [0.25, 0.3) is 39.1 Å². The summed E-state index contributed by atoms with van der Waals surface area (Å²) in [6.45, 7) is 8.48. The second kappa shape index (κ2) is 9.89. The number of hydrogen-bond donors (Lipinski definition) is 3.